The molecule has 184 valence electrons. The van der Waals surface area contributed by atoms with Gasteiger partial charge in [0.05, 0.1) is 19.0 Å². The highest BCUT2D eigenvalue weighted by molar-refractivity contribution is 6.31. The van der Waals surface area contributed by atoms with Crippen LogP contribution in [0.4, 0.5) is 10.5 Å². The highest BCUT2D eigenvalue weighted by Gasteiger charge is 2.23. The molecule has 1 aromatic heterocycles. The predicted molar refractivity (Wildman–Crippen MR) is 135 cm³/mol. The molecule has 0 unspecified atom stereocenters. The van der Waals surface area contributed by atoms with E-state index in [1.54, 1.807) is 37.3 Å². The summed E-state index contributed by atoms with van der Waals surface area (Å²) in [6.07, 6.45) is 0.0646. The van der Waals surface area contributed by atoms with Crippen molar-refractivity contribution >= 4 is 29.3 Å². The minimum atomic E-state index is -1.09. The van der Waals surface area contributed by atoms with Crippen LogP contribution in [-0.4, -0.2) is 26.8 Å². The SMILES string of the molecule is CCc1c(O)c(NC(=O)N[C@@H](CC(=O)O)c2ccc(C)cc2)c(=O)n(Cc2ccccc2Cl)c1C. The van der Waals surface area contributed by atoms with Gasteiger partial charge in [-0.05, 0) is 37.5 Å². The molecule has 3 aromatic rings. The van der Waals surface area contributed by atoms with E-state index in [1.165, 1.54) is 4.57 Å². The minimum Gasteiger partial charge on any atom is -0.505 e. The third-order valence-corrected chi connectivity index (χ3v) is 6.23. The van der Waals surface area contributed by atoms with E-state index < -0.39 is 23.6 Å². The lowest BCUT2D eigenvalue weighted by atomic mass is 10.0. The molecule has 8 nitrogen and oxygen atoms in total. The Morgan fingerprint density at radius 1 is 1.09 bits per heavy atom. The molecule has 0 aliphatic heterocycles. The zero-order valence-corrected chi connectivity index (χ0v) is 20.5. The van der Waals surface area contributed by atoms with E-state index in [2.05, 4.69) is 10.6 Å². The number of amides is 2. The molecule has 4 N–H and O–H groups in total. The largest absolute Gasteiger partial charge is 0.505 e. The number of urea groups is 1. The summed E-state index contributed by atoms with van der Waals surface area (Å²) >= 11 is 6.28. The molecule has 0 saturated heterocycles. The summed E-state index contributed by atoms with van der Waals surface area (Å²) in [6, 6.07) is 12.6. The summed E-state index contributed by atoms with van der Waals surface area (Å²) in [6.45, 7) is 5.60. The number of hydrogen-bond donors (Lipinski definition) is 4. The molecule has 0 saturated carbocycles. The summed E-state index contributed by atoms with van der Waals surface area (Å²) in [5.41, 5.74) is 2.49. The molecule has 2 amide bonds. The third-order valence-electron chi connectivity index (χ3n) is 5.87. The molecule has 0 bridgehead atoms. The number of aromatic hydroxyl groups is 1. The van der Waals surface area contributed by atoms with Gasteiger partial charge in [0.15, 0.2) is 5.69 Å². The number of aliphatic carboxylic acids is 1. The number of carbonyl (C=O) groups is 2. The smallest absolute Gasteiger partial charge is 0.319 e. The highest BCUT2D eigenvalue weighted by Crippen LogP contribution is 2.29. The number of pyridine rings is 1. The van der Waals surface area contributed by atoms with Gasteiger partial charge in [-0.25, -0.2) is 4.79 Å². The van der Waals surface area contributed by atoms with Crippen molar-refractivity contribution in [3.05, 3.63) is 91.9 Å². The standard InChI is InChI=1S/C26H28ClN3O5/c1-4-19-16(3)30(14-18-7-5-6-8-20(18)27)25(34)23(24(19)33)29-26(35)28-21(13-22(31)32)17-11-9-15(2)10-12-17/h5-12,21,33H,4,13-14H2,1-3H3,(H,31,32)(H2,28,29,35)/t21-/m0/s1. The number of nitrogens with zero attached hydrogens (tertiary/aromatic N) is 1. The van der Waals surface area contributed by atoms with Crippen LogP contribution in [0.25, 0.3) is 0 Å². The van der Waals surface area contributed by atoms with E-state index in [9.17, 15) is 24.6 Å². The lowest BCUT2D eigenvalue weighted by Crippen LogP contribution is -2.37. The number of carboxylic acid groups (broad SMARTS) is 1. The number of aromatic nitrogens is 1. The van der Waals surface area contributed by atoms with E-state index in [4.69, 9.17) is 11.6 Å². The van der Waals surface area contributed by atoms with Crippen LogP contribution in [0.3, 0.4) is 0 Å². The Balaban J connectivity index is 1.95. The van der Waals surface area contributed by atoms with Gasteiger partial charge in [0.2, 0.25) is 0 Å². The average molecular weight is 498 g/mol. The fourth-order valence-corrected chi connectivity index (χ4v) is 4.13. The Kier molecular flexibility index (Phi) is 8.19. The van der Waals surface area contributed by atoms with Crippen molar-refractivity contribution in [2.75, 3.05) is 5.32 Å². The molecule has 0 aliphatic rings. The van der Waals surface area contributed by atoms with Crippen LogP contribution >= 0.6 is 11.6 Å². The summed E-state index contributed by atoms with van der Waals surface area (Å²) in [5.74, 6) is -1.41. The van der Waals surface area contributed by atoms with Crippen molar-refractivity contribution in [3.8, 4) is 5.75 Å². The highest BCUT2D eigenvalue weighted by atomic mass is 35.5. The predicted octanol–water partition coefficient (Wildman–Crippen LogP) is 4.77. The molecular weight excluding hydrogens is 470 g/mol. The molecule has 0 aliphatic carbocycles. The Morgan fingerprint density at radius 2 is 1.74 bits per heavy atom. The number of carboxylic acids is 1. The maximum atomic E-state index is 13.3. The number of anilines is 1. The first-order valence-electron chi connectivity index (χ1n) is 11.2. The first kappa shape index (κ1) is 25.8. The van der Waals surface area contributed by atoms with Crippen LogP contribution in [0.15, 0.2) is 53.3 Å². The number of halogens is 1. The topological polar surface area (TPSA) is 121 Å². The van der Waals surface area contributed by atoms with E-state index in [0.29, 0.717) is 33.8 Å². The summed E-state index contributed by atoms with van der Waals surface area (Å²) in [7, 11) is 0. The van der Waals surface area contributed by atoms with Gasteiger partial charge in [-0.3, -0.25) is 9.59 Å². The van der Waals surface area contributed by atoms with E-state index in [0.717, 1.165) is 5.56 Å². The van der Waals surface area contributed by atoms with Crippen LogP contribution in [0.5, 0.6) is 5.75 Å². The van der Waals surface area contributed by atoms with Gasteiger partial charge >= 0.3 is 12.0 Å². The minimum absolute atomic E-state index is 0.152. The van der Waals surface area contributed by atoms with E-state index in [-0.39, 0.29) is 24.4 Å². The maximum Gasteiger partial charge on any atom is 0.319 e. The quantitative estimate of drug-likeness (QED) is 0.357. The Hall–Kier alpha value is -3.78. The first-order valence-corrected chi connectivity index (χ1v) is 11.5. The molecule has 0 spiro atoms. The zero-order chi connectivity index (χ0) is 25.7. The number of aryl methyl sites for hydroxylation is 1. The van der Waals surface area contributed by atoms with Crippen molar-refractivity contribution in [2.24, 2.45) is 0 Å². The summed E-state index contributed by atoms with van der Waals surface area (Å²) in [5, 5.41) is 25.7. The van der Waals surface area contributed by atoms with Gasteiger partial charge < -0.3 is 25.4 Å². The lowest BCUT2D eigenvalue weighted by molar-refractivity contribution is -0.137. The molecule has 3 rings (SSSR count). The first-order chi connectivity index (χ1) is 16.6. The number of hydrogen-bond acceptors (Lipinski definition) is 4. The number of nitrogens with one attached hydrogen (secondary N) is 2. The molecule has 1 atom stereocenters. The number of rotatable bonds is 8. The van der Waals surface area contributed by atoms with Gasteiger partial charge in [0, 0.05) is 16.3 Å². The van der Waals surface area contributed by atoms with Crippen molar-refractivity contribution in [1.82, 2.24) is 9.88 Å². The van der Waals surface area contributed by atoms with E-state index >= 15 is 0 Å². The molecular formula is C26H28ClN3O5. The van der Waals surface area contributed by atoms with E-state index in [1.807, 2.05) is 32.0 Å². The van der Waals surface area contributed by atoms with Gasteiger partial charge in [0.25, 0.3) is 5.56 Å². The normalized spacial score (nSPS) is 11.7. The van der Waals surface area contributed by atoms with Gasteiger partial charge in [-0.15, -0.1) is 0 Å². The van der Waals surface area contributed by atoms with Crippen LogP contribution < -0.4 is 16.2 Å². The maximum absolute atomic E-state index is 13.3. The van der Waals surface area contributed by atoms with Gasteiger partial charge in [-0.1, -0.05) is 66.6 Å². The Bertz CT molecular complexity index is 1300. The Labute approximate surface area is 208 Å². The second-order valence-electron chi connectivity index (χ2n) is 8.28. The monoisotopic (exact) mass is 497 g/mol. The fourth-order valence-electron chi connectivity index (χ4n) is 3.93. The summed E-state index contributed by atoms with van der Waals surface area (Å²) in [4.78, 5) is 37.6. The van der Waals surface area contributed by atoms with Crippen LogP contribution in [0.2, 0.25) is 5.02 Å². The van der Waals surface area contributed by atoms with Crippen molar-refractivity contribution in [3.63, 3.8) is 0 Å². The second kappa shape index (κ2) is 11.1. The average Bonchev–Trinajstić information content (AvgIpc) is 2.81. The zero-order valence-electron chi connectivity index (χ0n) is 19.8. The van der Waals surface area contributed by atoms with Gasteiger partial charge in [0.1, 0.15) is 5.75 Å². The van der Waals surface area contributed by atoms with Crippen molar-refractivity contribution < 1.29 is 19.8 Å². The van der Waals surface area contributed by atoms with Crippen LogP contribution in [-0.2, 0) is 17.8 Å². The molecule has 0 fully saturated rings. The van der Waals surface area contributed by atoms with Gasteiger partial charge in [-0.2, -0.15) is 0 Å². The molecule has 35 heavy (non-hydrogen) atoms. The van der Waals surface area contributed by atoms with Crippen LogP contribution in [0, 0.1) is 13.8 Å². The molecule has 2 aromatic carbocycles. The van der Waals surface area contributed by atoms with Crippen molar-refractivity contribution in [2.45, 2.75) is 46.2 Å². The fraction of sp³-hybridized carbons (Fsp3) is 0.269. The van der Waals surface area contributed by atoms with Crippen LogP contribution in [0.1, 0.15) is 47.3 Å². The molecule has 0 radical (unpaired) electrons. The van der Waals surface area contributed by atoms with Crippen molar-refractivity contribution in [1.29, 1.82) is 0 Å². The Morgan fingerprint density at radius 3 is 2.34 bits per heavy atom. The number of carbonyl (C=O) groups excluding carboxylic acids is 1. The molecule has 9 heteroatoms. The molecule has 1 heterocycles. The lowest BCUT2D eigenvalue weighted by Gasteiger charge is -2.21. The number of benzene rings is 2. The second-order valence-corrected chi connectivity index (χ2v) is 8.69. The third kappa shape index (κ3) is 6.02. The summed E-state index contributed by atoms with van der Waals surface area (Å²) < 4.78 is 1.45.